The van der Waals surface area contributed by atoms with Crippen molar-refractivity contribution in [3.05, 3.63) is 35.1 Å². The van der Waals surface area contributed by atoms with Crippen LogP contribution in [-0.4, -0.2) is 25.8 Å². The largest absolute Gasteiger partial charge is 0.398 e. The minimum absolute atomic E-state index is 0.0689. The van der Waals surface area contributed by atoms with Gasteiger partial charge in [0.15, 0.2) is 5.71 Å². The van der Waals surface area contributed by atoms with E-state index in [9.17, 15) is 9.18 Å². The van der Waals surface area contributed by atoms with Crippen molar-refractivity contribution in [3.63, 3.8) is 0 Å². The van der Waals surface area contributed by atoms with Crippen LogP contribution >= 0.6 is 0 Å². The molecular formula is C11H13FN2O2. The van der Waals surface area contributed by atoms with E-state index in [1.807, 2.05) is 0 Å². The fraction of sp³-hybridized carbons (Fsp3) is 0.273. The first-order valence-corrected chi connectivity index (χ1v) is 4.70. The highest BCUT2D eigenvalue weighted by Gasteiger charge is 2.19. The number of rotatable bonds is 3. The average Bonchev–Trinajstić information content (AvgIpc) is 2.26. The molecule has 1 amide bonds. The van der Waals surface area contributed by atoms with Crippen LogP contribution in [0.3, 0.4) is 0 Å². The molecular weight excluding hydrogens is 211 g/mol. The Hall–Kier alpha value is -1.91. The van der Waals surface area contributed by atoms with Crippen molar-refractivity contribution < 1.29 is 14.0 Å². The standard InChI is InChI=1S/C11H13FN2O2/c1-7-5-4-6-8(12)9(7)10(14-16-3)11(15)13-2/h4-6H,1-3H3,(H,13,15). The van der Waals surface area contributed by atoms with Crippen LogP contribution in [0.2, 0.25) is 0 Å². The van der Waals surface area contributed by atoms with E-state index in [0.717, 1.165) is 0 Å². The molecule has 0 fully saturated rings. The van der Waals surface area contributed by atoms with E-state index >= 15 is 0 Å². The van der Waals surface area contributed by atoms with E-state index in [0.29, 0.717) is 5.56 Å². The molecule has 16 heavy (non-hydrogen) atoms. The zero-order valence-corrected chi connectivity index (χ0v) is 9.37. The Kier molecular flexibility index (Phi) is 3.99. The molecule has 0 aliphatic carbocycles. The number of hydrogen-bond acceptors (Lipinski definition) is 3. The Labute approximate surface area is 93.1 Å². The number of halogens is 1. The summed E-state index contributed by atoms with van der Waals surface area (Å²) >= 11 is 0. The van der Waals surface area contributed by atoms with Crippen LogP contribution in [0.5, 0.6) is 0 Å². The zero-order valence-electron chi connectivity index (χ0n) is 9.37. The van der Waals surface area contributed by atoms with Gasteiger partial charge < -0.3 is 10.2 Å². The summed E-state index contributed by atoms with van der Waals surface area (Å²) in [6.45, 7) is 1.70. The van der Waals surface area contributed by atoms with Crippen molar-refractivity contribution in [2.24, 2.45) is 5.16 Å². The molecule has 0 spiro atoms. The third-order valence-electron chi connectivity index (χ3n) is 2.08. The number of amides is 1. The van der Waals surface area contributed by atoms with Crippen molar-refractivity contribution in [1.82, 2.24) is 5.32 Å². The summed E-state index contributed by atoms with van der Waals surface area (Å²) in [6, 6.07) is 4.55. The van der Waals surface area contributed by atoms with Gasteiger partial charge in [0, 0.05) is 12.6 Å². The van der Waals surface area contributed by atoms with E-state index in [2.05, 4.69) is 15.3 Å². The second kappa shape index (κ2) is 5.25. The average molecular weight is 224 g/mol. The van der Waals surface area contributed by atoms with Gasteiger partial charge in [-0.15, -0.1) is 0 Å². The number of aryl methyl sites for hydroxylation is 1. The molecule has 0 saturated carbocycles. The van der Waals surface area contributed by atoms with Crippen molar-refractivity contribution in [3.8, 4) is 0 Å². The van der Waals surface area contributed by atoms with E-state index < -0.39 is 11.7 Å². The lowest BCUT2D eigenvalue weighted by Gasteiger charge is -2.08. The van der Waals surface area contributed by atoms with Gasteiger partial charge in [0.05, 0.1) is 0 Å². The van der Waals surface area contributed by atoms with Crippen LogP contribution in [0, 0.1) is 12.7 Å². The Bertz CT molecular complexity index is 410. The second-order valence-electron chi connectivity index (χ2n) is 3.13. The highest BCUT2D eigenvalue weighted by Crippen LogP contribution is 2.14. The first kappa shape index (κ1) is 12.2. The topological polar surface area (TPSA) is 50.7 Å². The molecule has 0 aliphatic heterocycles. The van der Waals surface area contributed by atoms with Crippen LogP contribution < -0.4 is 5.32 Å². The summed E-state index contributed by atoms with van der Waals surface area (Å²) in [5.74, 6) is -0.991. The molecule has 0 heterocycles. The third kappa shape index (κ3) is 2.36. The smallest absolute Gasteiger partial charge is 0.273 e. The Morgan fingerprint density at radius 3 is 2.69 bits per heavy atom. The van der Waals surface area contributed by atoms with Gasteiger partial charge in [0.1, 0.15) is 12.9 Å². The van der Waals surface area contributed by atoms with E-state index in [-0.39, 0.29) is 11.3 Å². The van der Waals surface area contributed by atoms with Crippen molar-refractivity contribution in [2.75, 3.05) is 14.2 Å². The maximum Gasteiger partial charge on any atom is 0.273 e. The van der Waals surface area contributed by atoms with E-state index in [4.69, 9.17) is 0 Å². The van der Waals surface area contributed by atoms with E-state index in [1.165, 1.54) is 20.2 Å². The molecule has 1 aromatic rings. The SMILES string of the molecule is CNC(=O)C(=NOC)c1c(C)cccc1F. The zero-order chi connectivity index (χ0) is 12.1. The fourth-order valence-electron chi connectivity index (χ4n) is 1.34. The maximum atomic E-state index is 13.6. The molecule has 1 aromatic carbocycles. The predicted molar refractivity (Wildman–Crippen MR) is 58.7 cm³/mol. The van der Waals surface area contributed by atoms with Crippen molar-refractivity contribution in [1.29, 1.82) is 0 Å². The number of carbonyl (C=O) groups excluding carboxylic acids is 1. The molecule has 0 aromatic heterocycles. The van der Waals surface area contributed by atoms with Crippen LogP contribution in [0.1, 0.15) is 11.1 Å². The number of carbonyl (C=O) groups is 1. The molecule has 0 aliphatic rings. The molecule has 5 heteroatoms. The van der Waals surface area contributed by atoms with Crippen LogP contribution in [0.15, 0.2) is 23.4 Å². The first-order valence-electron chi connectivity index (χ1n) is 4.70. The van der Waals surface area contributed by atoms with Gasteiger partial charge in [-0.1, -0.05) is 17.3 Å². The third-order valence-corrected chi connectivity index (χ3v) is 2.08. The van der Waals surface area contributed by atoms with Gasteiger partial charge in [-0.3, -0.25) is 4.79 Å². The van der Waals surface area contributed by atoms with Crippen molar-refractivity contribution >= 4 is 11.6 Å². The molecule has 0 unspecified atom stereocenters. The Morgan fingerprint density at radius 1 is 1.50 bits per heavy atom. The van der Waals surface area contributed by atoms with Crippen molar-refractivity contribution in [2.45, 2.75) is 6.92 Å². The van der Waals surface area contributed by atoms with Gasteiger partial charge in [-0.2, -0.15) is 0 Å². The summed E-state index contributed by atoms with van der Waals surface area (Å²) in [5.41, 5.74) is 0.712. The second-order valence-corrected chi connectivity index (χ2v) is 3.13. The lowest BCUT2D eigenvalue weighted by atomic mass is 10.0. The molecule has 0 radical (unpaired) electrons. The monoisotopic (exact) mass is 224 g/mol. The number of benzene rings is 1. The fourth-order valence-corrected chi connectivity index (χ4v) is 1.34. The number of oxime groups is 1. The van der Waals surface area contributed by atoms with Gasteiger partial charge in [-0.05, 0) is 18.6 Å². The van der Waals surface area contributed by atoms with Crippen LogP contribution in [0.4, 0.5) is 4.39 Å². The normalized spacial score (nSPS) is 11.1. The molecule has 4 nitrogen and oxygen atoms in total. The summed E-state index contributed by atoms with van der Waals surface area (Å²) in [5, 5.41) is 5.94. The minimum Gasteiger partial charge on any atom is -0.398 e. The summed E-state index contributed by atoms with van der Waals surface area (Å²) in [7, 11) is 2.75. The molecule has 0 bridgehead atoms. The lowest BCUT2D eigenvalue weighted by Crippen LogP contribution is -2.29. The van der Waals surface area contributed by atoms with Crippen LogP contribution in [-0.2, 0) is 9.63 Å². The highest BCUT2D eigenvalue weighted by atomic mass is 19.1. The lowest BCUT2D eigenvalue weighted by molar-refractivity contribution is -0.114. The predicted octanol–water partition coefficient (Wildman–Crippen LogP) is 1.23. The van der Waals surface area contributed by atoms with Gasteiger partial charge in [-0.25, -0.2) is 4.39 Å². The number of hydrogen-bond donors (Lipinski definition) is 1. The number of nitrogens with zero attached hydrogens (tertiary/aromatic N) is 1. The first-order chi connectivity index (χ1) is 7.61. The van der Waals surface area contributed by atoms with Gasteiger partial charge in [0.2, 0.25) is 0 Å². The molecule has 0 saturated heterocycles. The quantitative estimate of drug-likeness (QED) is 0.620. The highest BCUT2D eigenvalue weighted by molar-refractivity contribution is 6.45. The van der Waals surface area contributed by atoms with Gasteiger partial charge >= 0.3 is 0 Å². The minimum atomic E-state index is -0.501. The summed E-state index contributed by atoms with van der Waals surface area (Å²) in [6.07, 6.45) is 0. The summed E-state index contributed by atoms with van der Waals surface area (Å²) in [4.78, 5) is 16.1. The maximum absolute atomic E-state index is 13.6. The van der Waals surface area contributed by atoms with Gasteiger partial charge in [0.25, 0.3) is 5.91 Å². The molecule has 0 atom stereocenters. The Balaban J connectivity index is 3.32. The Morgan fingerprint density at radius 2 is 2.19 bits per heavy atom. The number of nitrogens with one attached hydrogen (secondary N) is 1. The number of likely N-dealkylation sites (N-methyl/N-ethyl adjacent to an activating group) is 1. The molecule has 1 N–H and O–H groups in total. The molecule has 1 rings (SSSR count). The summed E-state index contributed by atoms with van der Waals surface area (Å²) < 4.78 is 13.6. The molecule has 86 valence electrons. The van der Waals surface area contributed by atoms with E-state index in [1.54, 1.807) is 19.1 Å². The van der Waals surface area contributed by atoms with Crippen LogP contribution in [0.25, 0.3) is 0 Å².